The first-order valence-corrected chi connectivity index (χ1v) is 7.58. The summed E-state index contributed by atoms with van der Waals surface area (Å²) >= 11 is 0. The zero-order valence-electron chi connectivity index (χ0n) is 12.8. The van der Waals surface area contributed by atoms with Gasteiger partial charge in [-0.25, -0.2) is 0 Å². The second-order valence-electron chi connectivity index (χ2n) is 5.69. The molecule has 0 spiro atoms. The van der Waals surface area contributed by atoms with Crippen molar-refractivity contribution in [1.82, 2.24) is 5.32 Å². The van der Waals surface area contributed by atoms with Gasteiger partial charge in [0.15, 0.2) is 0 Å². The highest BCUT2D eigenvalue weighted by atomic mass is 16.5. The molecule has 1 amide bonds. The van der Waals surface area contributed by atoms with E-state index in [1.54, 1.807) is 19.3 Å². The van der Waals surface area contributed by atoms with E-state index in [9.17, 15) is 14.7 Å². The molecule has 6 nitrogen and oxygen atoms in total. The van der Waals surface area contributed by atoms with E-state index in [1.165, 1.54) is 0 Å². The predicted molar refractivity (Wildman–Crippen MR) is 82.1 cm³/mol. The first kappa shape index (κ1) is 15.6. The van der Waals surface area contributed by atoms with Crippen molar-refractivity contribution in [3.8, 4) is 5.75 Å². The lowest BCUT2D eigenvalue weighted by Gasteiger charge is -2.21. The zero-order valence-corrected chi connectivity index (χ0v) is 12.8. The lowest BCUT2D eigenvalue weighted by atomic mass is 9.82. The quantitative estimate of drug-likeness (QED) is 0.765. The van der Waals surface area contributed by atoms with Crippen LogP contribution in [-0.2, 0) is 20.7 Å². The SMILES string of the molecule is COc1ccccc1CCNC(=O)[C@@H]1[C@H](C(=O)O)[C@H]2C=C[C@H]1O2. The van der Waals surface area contributed by atoms with Gasteiger partial charge in [0.2, 0.25) is 5.91 Å². The minimum atomic E-state index is -0.994. The number of hydrogen-bond acceptors (Lipinski definition) is 4. The van der Waals surface area contributed by atoms with Crippen LogP contribution in [0, 0.1) is 11.8 Å². The van der Waals surface area contributed by atoms with Crippen LogP contribution in [0.2, 0.25) is 0 Å². The average Bonchev–Trinajstić information content (AvgIpc) is 3.16. The van der Waals surface area contributed by atoms with Gasteiger partial charge in [0.1, 0.15) is 11.7 Å². The van der Waals surface area contributed by atoms with Crippen LogP contribution >= 0.6 is 0 Å². The fourth-order valence-corrected chi connectivity index (χ4v) is 3.26. The molecule has 6 heteroatoms. The van der Waals surface area contributed by atoms with E-state index >= 15 is 0 Å². The fraction of sp³-hybridized carbons (Fsp3) is 0.412. The van der Waals surface area contributed by atoms with Crippen molar-refractivity contribution >= 4 is 11.9 Å². The van der Waals surface area contributed by atoms with Crippen LogP contribution in [0.1, 0.15) is 5.56 Å². The number of ether oxygens (including phenoxy) is 2. The van der Waals surface area contributed by atoms with E-state index in [2.05, 4.69) is 5.32 Å². The molecule has 122 valence electrons. The van der Waals surface area contributed by atoms with Gasteiger partial charge in [-0.3, -0.25) is 9.59 Å². The number of carbonyl (C=O) groups is 2. The first-order valence-electron chi connectivity index (χ1n) is 7.58. The molecule has 2 bridgehead atoms. The third kappa shape index (κ3) is 2.94. The lowest BCUT2D eigenvalue weighted by molar-refractivity contribution is -0.146. The van der Waals surface area contributed by atoms with E-state index in [0.29, 0.717) is 13.0 Å². The maximum Gasteiger partial charge on any atom is 0.310 e. The lowest BCUT2D eigenvalue weighted by Crippen LogP contribution is -2.43. The van der Waals surface area contributed by atoms with Crippen LogP contribution in [0.15, 0.2) is 36.4 Å². The number of nitrogens with one attached hydrogen (secondary N) is 1. The Kier molecular flexibility index (Phi) is 4.34. The largest absolute Gasteiger partial charge is 0.496 e. The third-order valence-electron chi connectivity index (χ3n) is 4.37. The van der Waals surface area contributed by atoms with Crippen LogP contribution in [0.25, 0.3) is 0 Å². The van der Waals surface area contributed by atoms with Gasteiger partial charge in [-0.15, -0.1) is 0 Å². The van der Waals surface area contributed by atoms with E-state index in [4.69, 9.17) is 9.47 Å². The van der Waals surface area contributed by atoms with Gasteiger partial charge in [-0.1, -0.05) is 30.4 Å². The monoisotopic (exact) mass is 317 g/mol. The first-order chi connectivity index (χ1) is 11.1. The van der Waals surface area contributed by atoms with Gasteiger partial charge in [0.05, 0.1) is 25.2 Å². The predicted octanol–water partition coefficient (Wildman–Crippen LogP) is 1.01. The number of rotatable bonds is 6. The van der Waals surface area contributed by atoms with Gasteiger partial charge < -0.3 is 19.9 Å². The van der Waals surface area contributed by atoms with Crippen molar-refractivity contribution in [3.05, 3.63) is 42.0 Å². The van der Waals surface area contributed by atoms with Crippen molar-refractivity contribution < 1.29 is 24.2 Å². The Morgan fingerprint density at radius 2 is 1.91 bits per heavy atom. The number of carbonyl (C=O) groups excluding carboxylic acids is 1. The number of carboxylic acids is 1. The second kappa shape index (κ2) is 6.42. The minimum Gasteiger partial charge on any atom is -0.496 e. The zero-order chi connectivity index (χ0) is 16.4. The molecular weight excluding hydrogens is 298 g/mol. The molecule has 0 radical (unpaired) electrons. The van der Waals surface area contributed by atoms with Crippen molar-refractivity contribution in [2.24, 2.45) is 11.8 Å². The summed E-state index contributed by atoms with van der Waals surface area (Å²) in [7, 11) is 1.60. The van der Waals surface area contributed by atoms with Gasteiger partial charge >= 0.3 is 5.97 Å². The van der Waals surface area contributed by atoms with E-state index in [-0.39, 0.29) is 5.91 Å². The summed E-state index contributed by atoms with van der Waals surface area (Å²) in [6, 6.07) is 7.60. The van der Waals surface area contributed by atoms with E-state index < -0.39 is 30.0 Å². The van der Waals surface area contributed by atoms with Crippen LogP contribution < -0.4 is 10.1 Å². The minimum absolute atomic E-state index is 0.274. The highest BCUT2D eigenvalue weighted by Crippen LogP contribution is 2.39. The summed E-state index contributed by atoms with van der Waals surface area (Å²) in [6.45, 7) is 0.420. The summed E-state index contributed by atoms with van der Waals surface area (Å²) in [5.74, 6) is -1.97. The Bertz CT molecular complexity index is 642. The summed E-state index contributed by atoms with van der Waals surface area (Å²) in [5, 5.41) is 12.1. The van der Waals surface area contributed by atoms with Crippen molar-refractivity contribution in [3.63, 3.8) is 0 Å². The number of amides is 1. The number of carboxylic acid groups (broad SMARTS) is 1. The van der Waals surface area contributed by atoms with Crippen LogP contribution in [0.3, 0.4) is 0 Å². The fourth-order valence-electron chi connectivity index (χ4n) is 3.26. The van der Waals surface area contributed by atoms with Gasteiger partial charge in [-0.2, -0.15) is 0 Å². The number of para-hydroxylation sites is 1. The van der Waals surface area contributed by atoms with Crippen molar-refractivity contribution in [2.75, 3.05) is 13.7 Å². The molecule has 2 aliphatic heterocycles. The maximum absolute atomic E-state index is 12.4. The molecule has 0 aromatic heterocycles. The second-order valence-corrected chi connectivity index (χ2v) is 5.69. The molecule has 4 atom stereocenters. The highest BCUT2D eigenvalue weighted by Gasteiger charge is 2.53. The van der Waals surface area contributed by atoms with Gasteiger partial charge in [-0.05, 0) is 18.1 Å². The Hall–Kier alpha value is -2.34. The Morgan fingerprint density at radius 1 is 1.22 bits per heavy atom. The van der Waals surface area contributed by atoms with Crippen molar-refractivity contribution in [1.29, 1.82) is 0 Å². The van der Waals surface area contributed by atoms with Crippen molar-refractivity contribution in [2.45, 2.75) is 18.6 Å². The Balaban J connectivity index is 1.59. The third-order valence-corrected chi connectivity index (χ3v) is 4.37. The number of aliphatic carboxylic acids is 1. The number of methoxy groups -OCH3 is 1. The van der Waals surface area contributed by atoms with Crippen LogP contribution in [0.4, 0.5) is 0 Å². The van der Waals surface area contributed by atoms with Crippen LogP contribution in [0.5, 0.6) is 5.75 Å². The van der Waals surface area contributed by atoms with Gasteiger partial charge in [0, 0.05) is 6.54 Å². The number of benzene rings is 1. The molecular formula is C17H19NO5. The molecule has 0 saturated carbocycles. The average molecular weight is 317 g/mol. The van der Waals surface area contributed by atoms with E-state index in [0.717, 1.165) is 11.3 Å². The number of hydrogen-bond donors (Lipinski definition) is 2. The normalized spacial score (nSPS) is 27.9. The summed E-state index contributed by atoms with van der Waals surface area (Å²) in [4.78, 5) is 23.7. The molecule has 2 aliphatic rings. The summed E-state index contributed by atoms with van der Waals surface area (Å²) in [6.07, 6.45) is 3.18. The molecule has 1 aromatic rings. The molecule has 1 aromatic carbocycles. The highest BCUT2D eigenvalue weighted by molar-refractivity contribution is 5.87. The maximum atomic E-state index is 12.4. The summed E-state index contributed by atoms with van der Waals surface area (Å²) < 4.78 is 10.8. The summed E-state index contributed by atoms with van der Waals surface area (Å²) in [5.41, 5.74) is 0.995. The molecule has 0 unspecified atom stereocenters. The van der Waals surface area contributed by atoms with E-state index in [1.807, 2.05) is 24.3 Å². The van der Waals surface area contributed by atoms with Gasteiger partial charge in [0.25, 0.3) is 0 Å². The molecule has 0 aliphatic carbocycles. The Morgan fingerprint density at radius 3 is 2.61 bits per heavy atom. The molecule has 3 rings (SSSR count). The Labute approximate surface area is 134 Å². The topological polar surface area (TPSA) is 84.9 Å². The number of fused-ring (bicyclic) bond motifs is 2. The molecule has 1 fully saturated rings. The van der Waals surface area contributed by atoms with Crippen LogP contribution in [-0.4, -0.2) is 42.8 Å². The molecule has 23 heavy (non-hydrogen) atoms. The smallest absolute Gasteiger partial charge is 0.310 e. The molecule has 2 N–H and O–H groups in total. The molecule has 1 saturated heterocycles. The molecule has 2 heterocycles. The standard InChI is InChI=1S/C17H19NO5/c1-22-11-5-3-2-4-10(11)8-9-18-16(19)14-12-6-7-13(23-12)15(14)17(20)21/h2-7,12-15H,8-9H2,1H3,(H,18,19)(H,20,21)/t12-,13-,14+,15-/m1/s1.